The minimum atomic E-state index is -0.300. The van der Waals surface area contributed by atoms with E-state index in [1.807, 2.05) is 13.8 Å². The lowest BCUT2D eigenvalue weighted by atomic mass is 9.96. The molecule has 0 amide bonds. The maximum Gasteiger partial charge on any atom is 0.124 e. The van der Waals surface area contributed by atoms with Crippen molar-refractivity contribution in [2.24, 2.45) is 5.73 Å². The molecule has 0 heterocycles. The lowest BCUT2D eigenvalue weighted by Crippen LogP contribution is -2.10. The highest BCUT2D eigenvalue weighted by atomic mass is 35.5. The van der Waals surface area contributed by atoms with E-state index in [9.17, 15) is 4.39 Å². The normalized spacial score (nSPS) is 13.0. The molecule has 0 aliphatic carbocycles. The molecule has 0 saturated carbocycles. The Bertz CT molecular complexity index is 312. The second-order valence-electron chi connectivity index (χ2n) is 3.24. The van der Waals surface area contributed by atoms with Gasteiger partial charge in [-0.25, -0.2) is 4.39 Å². The zero-order valence-corrected chi connectivity index (χ0v) is 8.53. The third-order valence-corrected chi connectivity index (χ3v) is 2.63. The predicted octanol–water partition coefficient (Wildman–Crippen LogP) is 2.85. The van der Waals surface area contributed by atoms with Crippen LogP contribution in [0.2, 0.25) is 5.02 Å². The molecular formula is C10H13ClFN. The second kappa shape index (κ2) is 4.07. The van der Waals surface area contributed by atoms with E-state index in [4.69, 9.17) is 17.3 Å². The van der Waals surface area contributed by atoms with Gasteiger partial charge in [-0.1, -0.05) is 18.5 Å². The molecule has 0 aromatic heterocycles. The van der Waals surface area contributed by atoms with E-state index in [0.29, 0.717) is 11.6 Å². The van der Waals surface area contributed by atoms with Gasteiger partial charge < -0.3 is 5.73 Å². The summed E-state index contributed by atoms with van der Waals surface area (Å²) in [6.45, 7) is 4.34. The second-order valence-corrected chi connectivity index (χ2v) is 3.65. The van der Waals surface area contributed by atoms with Gasteiger partial charge in [-0.3, -0.25) is 0 Å². The Kier molecular flexibility index (Phi) is 3.28. The molecule has 0 aliphatic heterocycles. The number of benzene rings is 1. The van der Waals surface area contributed by atoms with Crippen molar-refractivity contribution in [2.45, 2.75) is 19.8 Å². The summed E-state index contributed by atoms with van der Waals surface area (Å²) in [7, 11) is 0. The Morgan fingerprint density at radius 2 is 2.15 bits per heavy atom. The molecule has 1 nitrogen and oxygen atoms in total. The van der Waals surface area contributed by atoms with Gasteiger partial charge in [-0.2, -0.15) is 0 Å². The van der Waals surface area contributed by atoms with Gasteiger partial charge in [0, 0.05) is 5.02 Å². The fourth-order valence-corrected chi connectivity index (χ4v) is 1.52. The van der Waals surface area contributed by atoms with Crippen molar-refractivity contribution < 1.29 is 4.39 Å². The average Bonchev–Trinajstić information content (AvgIpc) is 2.10. The monoisotopic (exact) mass is 201 g/mol. The van der Waals surface area contributed by atoms with Gasteiger partial charge in [-0.15, -0.1) is 0 Å². The summed E-state index contributed by atoms with van der Waals surface area (Å²) in [4.78, 5) is 0. The zero-order chi connectivity index (χ0) is 10.0. The Labute approximate surface area is 82.7 Å². The van der Waals surface area contributed by atoms with Crippen molar-refractivity contribution in [1.82, 2.24) is 0 Å². The molecule has 1 aromatic carbocycles. The van der Waals surface area contributed by atoms with E-state index in [1.54, 1.807) is 0 Å². The molecule has 2 N–H and O–H groups in total. The molecule has 0 radical (unpaired) electrons. The molecule has 1 atom stereocenters. The van der Waals surface area contributed by atoms with Crippen molar-refractivity contribution >= 4 is 11.6 Å². The summed E-state index contributed by atoms with van der Waals surface area (Å²) >= 11 is 5.84. The Morgan fingerprint density at radius 3 is 2.69 bits per heavy atom. The summed E-state index contributed by atoms with van der Waals surface area (Å²) in [5, 5.41) is 0.468. The number of hydrogen-bond acceptors (Lipinski definition) is 1. The van der Waals surface area contributed by atoms with Crippen LogP contribution < -0.4 is 5.73 Å². The summed E-state index contributed by atoms with van der Waals surface area (Å²) < 4.78 is 13.0. The van der Waals surface area contributed by atoms with Gasteiger partial charge >= 0.3 is 0 Å². The van der Waals surface area contributed by atoms with E-state index >= 15 is 0 Å². The summed E-state index contributed by atoms with van der Waals surface area (Å²) in [5.74, 6) is -0.154. The minimum absolute atomic E-state index is 0.146. The van der Waals surface area contributed by atoms with Crippen molar-refractivity contribution in [3.05, 3.63) is 34.1 Å². The molecule has 0 spiro atoms. The first-order valence-electron chi connectivity index (χ1n) is 4.22. The molecule has 1 unspecified atom stereocenters. The maximum atomic E-state index is 13.0. The minimum Gasteiger partial charge on any atom is -0.330 e. The predicted molar refractivity (Wildman–Crippen MR) is 53.6 cm³/mol. The molecule has 0 fully saturated rings. The van der Waals surface area contributed by atoms with Gasteiger partial charge in [0.15, 0.2) is 0 Å². The maximum absolute atomic E-state index is 13.0. The molecule has 13 heavy (non-hydrogen) atoms. The largest absolute Gasteiger partial charge is 0.330 e. The number of hydrogen-bond donors (Lipinski definition) is 1. The fourth-order valence-electron chi connectivity index (χ4n) is 1.30. The summed E-state index contributed by atoms with van der Waals surface area (Å²) in [5.41, 5.74) is 7.32. The first-order chi connectivity index (χ1) is 6.06. The molecule has 1 aromatic rings. The first kappa shape index (κ1) is 10.5. The van der Waals surface area contributed by atoms with Crippen LogP contribution >= 0.6 is 11.6 Å². The van der Waals surface area contributed by atoms with Crippen LogP contribution in [0.5, 0.6) is 0 Å². The first-order valence-corrected chi connectivity index (χ1v) is 4.59. The third-order valence-electron chi connectivity index (χ3n) is 2.23. The van der Waals surface area contributed by atoms with Crippen LogP contribution in [0.4, 0.5) is 4.39 Å². The van der Waals surface area contributed by atoms with Crippen molar-refractivity contribution in [3.63, 3.8) is 0 Å². The zero-order valence-electron chi connectivity index (χ0n) is 7.77. The van der Waals surface area contributed by atoms with Gasteiger partial charge in [0.2, 0.25) is 0 Å². The van der Waals surface area contributed by atoms with Crippen LogP contribution in [0.15, 0.2) is 12.1 Å². The van der Waals surface area contributed by atoms with Gasteiger partial charge in [0.1, 0.15) is 5.82 Å². The van der Waals surface area contributed by atoms with Gasteiger partial charge in [0.25, 0.3) is 0 Å². The van der Waals surface area contributed by atoms with E-state index in [1.165, 1.54) is 12.1 Å². The van der Waals surface area contributed by atoms with E-state index in [2.05, 4.69) is 0 Å². The van der Waals surface area contributed by atoms with Crippen LogP contribution in [-0.4, -0.2) is 6.54 Å². The van der Waals surface area contributed by atoms with Crippen LogP contribution in [0.1, 0.15) is 24.0 Å². The van der Waals surface area contributed by atoms with Crippen LogP contribution in [-0.2, 0) is 0 Å². The molecule has 3 heteroatoms. The van der Waals surface area contributed by atoms with Crippen LogP contribution in [0.25, 0.3) is 0 Å². The Morgan fingerprint density at radius 1 is 1.54 bits per heavy atom. The fraction of sp³-hybridized carbons (Fsp3) is 0.400. The van der Waals surface area contributed by atoms with Crippen LogP contribution in [0, 0.1) is 12.7 Å². The lowest BCUT2D eigenvalue weighted by Gasteiger charge is -2.13. The molecule has 72 valence electrons. The molecule has 0 bridgehead atoms. The van der Waals surface area contributed by atoms with E-state index < -0.39 is 0 Å². The van der Waals surface area contributed by atoms with Crippen LogP contribution in [0.3, 0.4) is 0 Å². The quantitative estimate of drug-likeness (QED) is 0.783. The molecule has 1 rings (SSSR count). The number of nitrogens with two attached hydrogens (primary N) is 1. The van der Waals surface area contributed by atoms with Crippen molar-refractivity contribution in [2.75, 3.05) is 6.54 Å². The van der Waals surface area contributed by atoms with Gasteiger partial charge in [-0.05, 0) is 42.6 Å². The SMILES string of the molecule is Cc1c(Cl)cc(F)cc1C(C)CN. The van der Waals surface area contributed by atoms with E-state index in [-0.39, 0.29) is 11.7 Å². The van der Waals surface area contributed by atoms with Crippen molar-refractivity contribution in [1.29, 1.82) is 0 Å². The van der Waals surface area contributed by atoms with E-state index in [0.717, 1.165) is 11.1 Å². The molecule has 0 saturated heterocycles. The molecule has 0 aliphatic rings. The van der Waals surface area contributed by atoms with Gasteiger partial charge in [0.05, 0.1) is 0 Å². The number of halogens is 2. The summed E-state index contributed by atoms with van der Waals surface area (Å²) in [6, 6.07) is 2.82. The Balaban J connectivity index is 3.20. The Hall–Kier alpha value is -0.600. The summed E-state index contributed by atoms with van der Waals surface area (Å²) in [6.07, 6.45) is 0. The topological polar surface area (TPSA) is 26.0 Å². The number of rotatable bonds is 2. The standard InChI is InChI=1S/C10H13ClFN/c1-6(5-13)9-3-8(12)4-10(11)7(9)2/h3-4,6H,5,13H2,1-2H3. The smallest absolute Gasteiger partial charge is 0.124 e. The van der Waals surface area contributed by atoms with Crippen molar-refractivity contribution in [3.8, 4) is 0 Å². The lowest BCUT2D eigenvalue weighted by molar-refractivity contribution is 0.620. The highest BCUT2D eigenvalue weighted by Crippen LogP contribution is 2.26. The molecular weight excluding hydrogens is 189 g/mol. The third kappa shape index (κ3) is 2.20. The highest BCUT2D eigenvalue weighted by Gasteiger charge is 2.10. The average molecular weight is 202 g/mol. The highest BCUT2D eigenvalue weighted by molar-refractivity contribution is 6.31.